The lowest BCUT2D eigenvalue weighted by Gasteiger charge is -2.06. The van der Waals surface area contributed by atoms with Crippen LogP contribution in [-0.2, 0) is 4.74 Å². The van der Waals surface area contributed by atoms with Crippen molar-refractivity contribution in [3.8, 4) is 0 Å². The van der Waals surface area contributed by atoms with Crippen LogP contribution in [0.1, 0.15) is 22.8 Å². The van der Waals surface area contributed by atoms with E-state index < -0.39 is 0 Å². The van der Waals surface area contributed by atoms with Gasteiger partial charge in [0, 0.05) is 23.2 Å². The molecular weight excluding hydrogens is 270 g/mol. The van der Waals surface area contributed by atoms with Crippen molar-refractivity contribution in [2.24, 2.45) is 0 Å². The minimum absolute atomic E-state index is 0.0656. The maximum Gasteiger partial charge on any atom is 0.251 e. The zero-order valence-corrected chi connectivity index (χ0v) is 11.1. The first-order chi connectivity index (χ1) is 7.63. The van der Waals surface area contributed by atoms with Crippen molar-refractivity contribution in [3.63, 3.8) is 0 Å². The molecule has 0 radical (unpaired) electrons. The number of halogens is 1. The van der Waals surface area contributed by atoms with Gasteiger partial charge in [-0.25, -0.2) is 0 Å². The number of aryl methyl sites for hydroxylation is 1. The molecule has 1 aromatic rings. The van der Waals surface area contributed by atoms with Gasteiger partial charge < -0.3 is 10.1 Å². The smallest absolute Gasteiger partial charge is 0.251 e. The van der Waals surface area contributed by atoms with Gasteiger partial charge in [-0.3, -0.25) is 4.79 Å². The molecule has 1 N–H and O–H groups in total. The summed E-state index contributed by atoms with van der Waals surface area (Å²) in [7, 11) is 0. The fraction of sp³-hybridized carbons (Fsp3) is 0.417. The van der Waals surface area contributed by atoms with E-state index in [0.717, 1.165) is 10.0 Å². The predicted octanol–water partition coefficient (Wildman–Crippen LogP) is 2.52. The Hall–Kier alpha value is -0.870. The van der Waals surface area contributed by atoms with Crippen molar-refractivity contribution in [3.05, 3.63) is 33.8 Å². The molecule has 0 spiro atoms. The molecular formula is C12H16BrNO2. The molecule has 0 saturated heterocycles. The molecule has 0 aliphatic heterocycles. The largest absolute Gasteiger partial charge is 0.380 e. The van der Waals surface area contributed by atoms with Crippen LogP contribution in [0.25, 0.3) is 0 Å². The second kappa shape index (κ2) is 6.66. The second-order valence-corrected chi connectivity index (χ2v) is 4.39. The number of carbonyl (C=O) groups is 1. The van der Waals surface area contributed by atoms with E-state index in [1.807, 2.05) is 32.0 Å². The standard InChI is InChI=1S/C12H16BrNO2/c1-3-16-5-4-14-12(15)10-6-9(2)7-11(13)8-10/h6-8H,3-5H2,1-2H3,(H,14,15). The van der Waals surface area contributed by atoms with Crippen LogP contribution in [0.4, 0.5) is 0 Å². The van der Waals surface area contributed by atoms with Crippen molar-refractivity contribution < 1.29 is 9.53 Å². The summed E-state index contributed by atoms with van der Waals surface area (Å²) in [6.45, 7) is 5.65. The van der Waals surface area contributed by atoms with Gasteiger partial charge in [-0.05, 0) is 37.6 Å². The Kier molecular flexibility index (Phi) is 5.49. The second-order valence-electron chi connectivity index (χ2n) is 3.47. The zero-order valence-electron chi connectivity index (χ0n) is 9.55. The van der Waals surface area contributed by atoms with E-state index in [1.54, 1.807) is 0 Å². The average molecular weight is 286 g/mol. The third kappa shape index (κ3) is 4.33. The Labute approximate surface area is 104 Å². The molecule has 0 unspecified atom stereocenters. The van der Waals surface area contributed by atoms with E-state index >= 15 is 0 Å². The van der Waals surface area contributed by atoms with E-state index in [0.29, 0.717) is 25.3 Å². The first kappa shape index (κ1) is 13.2. The molecule has 1 rings (SSSR count). The zero-order chi connectivity index (χ0) is 12.0. The summed E-state index contributed by atoms with van der Waals surface area (Å²) in [5.41, 5.74) is 1.73. The summed E-state index contributed by atoms with van der Waals surface area (Å²) in [5.74, 6) is -0.0656. The van der Waals surface area contributed by atoms with Crippen LogP contribution in [0.3, 0.4) is 0 Å². The highest BCUT2D eigenvalue weighted by Gasteiger charge is 2.05. The van der Waals surface area contributed by atoms with Crippen LogP contribution < -0.4 is 5.32 Å². The van der Waals surface area contributed by atoms with Gasteiger partial charge >= 0.3 is 0 Å². The minimum Gasteiger partial charge on any atom is -0.380 e. The number of rotatable bonds is 5. The van der Waals surface area contributed by atoms with Gasteiger partial charge in [-0.1, -0.05) is 15.9 Å². The van der Waals surface area contributed by atoms with Gasteiger partial charge in [0.1, 0.15) is 0 Å². The number of nitrogens with one attached hydrogen (secondary N) is 1. The summed E-state index contributed by atoms with van der Waals surface area (Å²) in [6, 6.07) is 5.64. The van der Waals surface area contributed by atoms with Crippen molar-refractivity contribution >= 4 is 21.8 Å². The van der Waals surface area contributed by atoms with Crippen LogP contribution in [0.2, 0.25) is 0 Å². The SMILES string of the molecule is CCOCCNC(=O)c1cc(C)cc(Br)c1. The molecule has 16 heavy (non-hydrogen) atoms. The summed E-state index contributed by atoms with van der Waals surface area (Å²) in [6.07, 6.45) is 0. The summed E-state index contributed by atoms with van der Waals surface area (Å²) >= 11 is 3.37. The van der Waals surface area contributed by atoms with Crippen molar-refractivity contribution in [1.29, 1.82) is 0 Å². The van der Waals surface area contributed by atoms with Gasteiger partial charge in [0.2, 0.25) is 0 Å². The fourth-order valence-corrected chi connectivity index (χ4v) is 1.96. The lowest BCUT2D eigenvalue weighted by atomic mass is 10.1. The van der Waals surface area contributed by atoms with E-state index in [2.05, 4.69) is 21.2 Å². The normalized spacial score (nSPS) is 10.2. The number of benzene rings is 1. The van der Waals surface area contributed by atoms with Crippen LogP contribution in [0.15, 0.2) is 22.7 Å². The third-order valence-electron chi connectivity index (χ3n) is 2.04. The quantitative estimate of drug-likeness (QED) is 0.845. The van der Waals surface area contributed by atoms with Crippen LogP contribution in [0, 0.1) is 6.92 Å². The molecule has 1 amide bonds. The number of ether oxygens (including phenoxy) is 1. The van der Waals surface area contributed by atoms with E-state index in [-0.39, 0.29) is 5.91 Å². The first-order valence-electron chi connectivity index (χ1n) is 5.26. The Morgan fingerprint density at radius 1 is 1.44 bits per heavy atom. The summed E-state index contributed by atoms with van der Waals surface area (Å²) < 4.78 is 6.06. The maximum absolute atomic E-state index is 11.7. The number of carbonyl (C=O) groups excluding carboxylic acids is 1. The Balaban J connectivity index is 2.52. The number of amides is 1. The van der Waals surface area contributed by atoms with Gasteiger partial charge in [-0.15, -0.1) is 0 Å². The third-order valence-corrected chi connectivity index (χ3v) is 2.50. The van der Waals surface area contributed by atoms with E-state index in [4.69, 9.17) is 4.74 Å². The Morgan fingerprint density at radius 2 is 2.19 bits per heavy atom. The monoisotopic (exact) mass is 285 g/mol. The molecule has 3 nitrogen and oxygen atoms in total. The number of hydrogen-bond donors (Lipinski definition) is 1. The average Bonchev–Trinajstić information content (AvgIpc) is 2.22. The molecule has 1 aromatic carbocycles. The molecule has 0 bridgehead atoms. The van der Waals surface area contributed by atoms with Gasteiger partial charge in [0.25, 0.3) is 5.91 Å². The number of hydrogen-bond acceptors (Lipinski definition) is 2. The Morgan fingerprint density at radius 3 is 2.81 bits per heavy atom. The first-order valence-corrected chi connectivity index (χ1v) is 6.06. The molecule has 4 heteroatoms. The molecule has 0 fully saturated rings. The summed E-state index contributed by atoms with van der Waals surface area (Å²) in [4.78, 5) is 11.7. The molecule has 0 atom stereocenters. The minimum atomic E-state index is -0.0656. The van der Waals surface area contributed by atoms with E-state index in [1.165, 1.54) is 0 Å². The van der Waals surface area contributed by atoms with Crippen molar-refractivity contribution in [2.45, 2.75) is 13.8 Å². The topological polar surface area (TPSA) is 38.3 Å². The lowest BCUT2D eigenvalue weighted by Crippen LogP contribution is -2.27. The van der Waals surface area contributed by atoms with Crippen molar-refractivity contribution in [1.82, 2.24) is 5.32 Å². The van der Waals surface area contributed by atoms with Crippen molar-refractivity contribution in [2.75, 3.05) is 19.8 Å². The highest BCUT2D eigenvalue weighted by Crippen LogP contribution is 2.15. The van der Waals surface area contributed by atoms with Crippen LogP contribution >= 0.6 is 15.9 Å². The molecule has 0 saturated carbocycles. The van der Waals surface area contributed by atoms with Gasteiger partial charge in [0.05, 0.1) is 6.61 Å². The fourth-order valence-electron chi connectivity index (χ4n) is 1.35. The lowest BCUT2D eigenvalue weighted by molar-refractivity contribution is 0.0922. The highest BCUT2D eigenvalue weighted by molar-refractivity contribution is 9.10. The maximum atomic E-state index is 11.7. The van der Waals surface area contributed by atoms with E-state index in [9.17, 15) is 4.79 Å². The highest BCUT2D eigenvalue weighted by atomic mass is 79.9. The molecule has 0 aliphatic rings. The predicted molar refractivity (Wildman–Crippen MR) is 67.7 cm³/mol. The van der Waals surface area contributed by atoms with Crippen LogP contribution in [-0.4, -0.2) is 25.7 Å². The van der Waals surface area contributed by atoms with Gasteiger partial charge in [0.15, 0.2) is 0 Å². The van der Waals surface area contributed by atoms with Gasteiger partial charge in [-0.2, -0.15) is 0 Å². The molecule has 88 valence electrons. The van der Waals surface area contributed by atoms with Crippen LogP contribution in [0.5, 0.6) is 0 Å². The Bertz CT molecular complexity index is 346. The molecule has 0 heterocycles. The summed E-state index contributed by atoms with van der Waals surface area (Å²) in [5, 5.41) is 2.80. The molecule has 0 aliphatic carbocycles. The molecule has 0 aromatic heterocycles.